The van der Waals surface area contributed by atoms with E-state index < -0.39 is 0 Å². The van der Waals surface area contributed by atoms with Crippen molar-refractivity contribution in [1.29, 1.82) is 0 Å². The van der Waals surface area contributed by atoms with Crippen LogP contribution in [-0.4, -0.2) is 29.8 Å². The Hall–Kier alpha value is -3.10. The highest BCUT2D eigenvalue weighted by atomic mass is 32.1. The van der Waals surface area contributed by atoms with Crippen molar-refractivity contribution in [2.45, 2.75) is 0 Å². The third-order valence-corrected chi connectivity index (χ3v) is 5.88. The molecule has 0 saturated heterocycles. The van der Waals surface area contributed by atoms with E-state index in [1.54, 1.807) is 24.0 Å². The molecular weight excluding hydrogens is 396 g/mol. The van der Waals surface area contributed by atoms with Crippen LogP contribution in [0.15, 0.2) is 41.4 Å². The van der Waals surface area contributed by atoms with Gasteiger partial charge in [0.25, 0.3) is 0 Å². The van der Waals surface area contributed by atoms with Gasteiger partial charge in [0.1, 0.15) is 5.75 Å². The Labute approximate surface area is 169 Å². The van der Waals surface area contributed by atoms with Crippen LogP contribution in [0.3, 0.4) is 0 Å². The highest BCUT2D eigenvalue weighted by molar-refractivity contribution is 7.73. The first-order valence-corrected chi connectivity index (χ1v) is 9.65. The second kappa shape index (κ2) is 6.50. The number of aromatic nitrogens is 1. The fourth-order valence-corrected chi connectivity index (χ4v) is 4.48. The maximum absolute atomic E-state index is 10.8. The number of benzene rings is 2. The molecule has 2 aromatic carbocycles. The minimum absolute atomic E-state index is 0.0803. The average molecular weight is 410 g/mol. The van der Waals surface area contributed by atoms with Crippen LogP contribution >= 0.6 is 23.6 Å². The largest absolute Gasteiger partial charge is 0.497 e. The SMILES string of the molecule is COc1ccc2c(c1)N=C/C2=C\c1sc(=S)n(-c2ccc3c(c2)OCO3)c1O. The fourth-order valence-electron chi connectivity index (χ4n) is 3.18. The molecule has 0 aliphatic carbocycles. The maximum atomic E-state index is 10.8. The Balaban J connectivity index is 1.56. The number of aromatic hydroxyl groups is 1. The number of hydrogen-bond acceptors (Lipinski definition) is 7. The van der Waals surface area contributed by atoms with Crippen LogP contribution in [0.2, 0.25) is 0 Å². The lowest BCUT2D eigenvalue weighted by Gasteiger charge is -2.06. The highest BCUT2D eigenvalue weighted by Gasteiger charge is 2.19. The fraction of sp³-hybridized carbons (Fsp3) is 0.100. The van der Waals surface area contributed by atoms with Crippen LogP contribution in [-0.2, 0) is 0 Å². The number of thiazole rings is 1. The number of ether oxygens (including phenoxy) is 3. The molecule has 0 bridgehead atoms. The molecule has 28 heavy (non-hydrogen) atoms. The number of fused-ring (bicyclic) bond motifs is 2. The number of rotatable bonds is 3. The second-order valence-electron chi connectivity index (χ2n) is 6.17. The summed E-state index contributed by atoms with van der Waals surface area (Å²) in [6.07, 6.45) is 3.66. The molecule has 3 heterocycles. The highest BCUT2D eigenvalue weighted by Crippen LogP contribution is 2.40. The minimum Gasteiger partial charge on any atom is -0.497 e. The van der Waals surface area contributed by atoms with Crippen LogP contribution in [0.5, 0.6) is 23.1 Å². The van der Waals surface area contributed by atoms with Crippen LogP contribution in [0.25, 0.3) is 17.3 Å². The minimum atomic E-state index is 0.0803. The van der Waals surface area contributed by atoms with E-state index in [9.17, 15) is 5.11 Å². The third-order valence-electron chi connectivity index (χ3n) is 4.57. The Kier molecular flexibility index (Phi) is 3.96. The monoisotopic (exact) mass is 410 g/mol. The van der Waals surface area contributed by atoms with Gasteiger partial charge in [-0.3, -0.25) is 9.56 Å². The van der Waals surface area contributed by atoms with Gasteiger partial charge in [-0.1, -0.05) is 0 Å². The molecule has 8 heteroatoms. The van der Waals surface area contributed by atoms with Gasteiger partial charge in [-0.2, -0.15) is 0 Å². The summed E-state index contributed by atoms with van der Waals surface area (Å²) >= 11 is 6.82. The van der Waals surface area contributed by atoms with Crippen molar-refractivity contribution in [2.24, 2.45) is 4.99 Å². The van der Waals surface area contributed by atoms with Crippen molar-refractivity contribution in [3.63, 3.8) is 0 Å². The molecule has 1 N–H and O–H groups in total. The van der Waals surface area contributed by atoms with E-state index in [4.69, 9.17) is 26.4 Å². The van der Waals surface area contributed by atoms with Crippen molar-refractivity contribution in [2.75, 3.05) is 13.9 Å². The molecule has 3 aromatic rings. The van der Waals surface area contributed by atoms with Crippen LogP contribution in [0.4, 0.5) is 5.69 Å². The van der Waals surface area contributed by atoms with E-state index in [0.29, 0.717) is 20.3 Å². The van der Waals surface area contributed by atoms with E-state index in [-0.39, 0.29) is 12.7 Å². The molecule has 0 saturated carbocycles. The number of aliphatic imine (C=N–C) groups is 1. The maximum Gasteiger partial charge on any atom is 0.231 e. The van der Waals surface area contributed by atoms with Crippen LogP contribution in [0.1, 0.15) is 10.4 Å². The zero-order chi connectivity index (χ0) is 19.3. The first kappa shape index (κ1) is 17.0. The van der Waals surface area contributed by atoms with Gasteiger partial charge >= 0.3 is 0 Å². The summed E-state index contributed by atoms with van der Waals surface area (Å²) in [6.45, 7) is 0.195. The smallest absolute Gasteiger partial charge is 0.231 e. The van der Waals surface area contributed by atoms with Gasteiger partial charge < -0.3 is 19.3 Å². The number of hydrogen-bond donors (Lipinski definition) is 1. The van der Waals surface area contributed by atoms with Crippen molar-refractivity contribution in [3.05, 3.63) is 50.8 Å². The molecule has 0 amide bonds. The summed E-state index contributed by atoms with van der Waals surface area (Å²) in [5.74, 6) is 2.15. The predicted molar refractivity (Wildman–Crippen MR) is 111 cm³/mol. The van der Waals surface area contributed by atoms with Gasteiger partial charge in [0, 0.05) is 29.5 Å². The Morgan fingerprint density at radius 2 is 2.07 bits per heavy atom. The van der Waals surface area contributed by atoms with Gasteiger partial charge in [-0.15, -0.1) is 11.3 Å². The Morgan fingerprint density at radius 3 is 2.93 bits per heavy atom. The number of nitrogens with zero attached hydrogens (tertiary/aromatic N) is 2. The summed E-state index contributed by atoms with van der Waals surface area (Å²) in [4.78, 5) is 5.09. The molecule has 2 aliphatic rings. The summed E-state index contributed by atoms with van der Waals surface area (Å²) < 4.78 is 18.2. The normalized spacial score (nSPS) is 15.2. The van der Waals surface area contributed by atoms with Crippen LogP contribution < -0.4 is 14.2 Å². The first-order chi connectivity index (χ1) is 13.6. The topological polar surface area (TPSA) is 65.2 Å². The third kappa shape index (κ3) is 2.69. The van der Waals surface area contributed by atoms with Gasteiger partial charge in [0.2, 0.25) is 12.7 Å². The molecule has 6 nitrogen and oxygen atoms in total. The zero-order valence-electron chi connectivity index (χ0n) is 14.7. The van der Waals surface area contributed by atoms with E-state index in [0.717, 1.165) is 28.3 Å². The lowest BCUT2D eigenvalue weighted by molar-refractivity contribution is 0.174. The molecule has 1 aromatic heterocycles. The molecule has 0 spiro atoms. The summed E-state index contributed by atoms with van der Waals surface area (Å²) in [5.41, 5.74) is 3.44. The quantitative estimate of drug-likeness (QED) is 0.618. The zero-order valence-corrected chi connectivity index (χ0v) is 16.3. The molecule has 140 valence electrons. The van der Waals surface area contributed by atoms with Crippen LogP contribution in [0, 0.1) is 3.95 Å². The summed E-state index contributed by atoms with van der Waals surface area (Å²) in [5, 5.41) is 10.8. The van der Waals surface area contributed by atoms with Crippen molar-refractivity contribution in [3.8, 4) is 28.8 Å². The van der Waals surface area contributed by atoms with Gasteiger partial charge in [0.05, 0.1) is 23.4 Å². The average Bonchev–Trinajstić information content (AvgIpc) is 3.39. The van der Waals surface area contributed by atoms with Gasteiger partial charge in [-0.25, -0.2) is 0 Å². The molecule has 0 radical (unpaired) electrons. The molecule has 2 aliphatic heterocycles. The van der Waals surface area contributed by atoms with Crippen molar-refractivity contribution in [1.82, 2.24) is 4.57 Å². The van der Waals surface area contributed by atoms with E-state index in [2.05, 4.69) is 4.99 Å². The number of allylic oxidation sites excluding steroid dienone is 1. The predicted octanol–water partition coefficient (Wildman–Crippen LogP) is 4.97. The van der Waals surface area contributed by atoms with E-state index in [1.807, 2.05) is 36.4 Å². The molecule has 0 fully saturated rings. The summed E-state index contributed by atoms with van der Waals surface area (Å²) in [7, 11) is 1.63. The standard InChI is InChI=1S/C20H14N2O4S2/c1-24-13-3-4-14-11(9-21-15(14)8-13)6-18-19(23)22(20(27)28-18)12-2-5-16-17(7-12)26-10-25-16/h2-9,23H,10H2,1H3/b11-6+. The summed E-state index contributed by atoms with van der Waals surface area (Å²) in [6, 6.07) is 11.2. The molecule has 0 unspecified atom stereocenters. The molecule has 0 atom stereocenters. The second-order valence-corrected chi connectivity index (χ2v) is 7.85. The molecular formula is C20H14N2O4S2. The van der Waals surface area contributed by atoms with E-state index >= 15 is 0 Å². The number of methoxy groups -OCH3 is 1. The first-order valence-electron chi connectivity index (χ1n) is 8.43. The lowest BCUT2D eigenvalue weighted by atomic mass is 10.1. The Morgan fingerprint density at radius 1 is 1.21 bits per heavy atom. The molecule has 5 rings (SSSR count). The Bertz CT molecular complexity index is 1220. The van der Waals surface area contributed by atoms with Gasteiger partial charge in [0.15, 0.2) is 15.5 Å². The lowest BCUT2D eigenvalue weighted by Crippen LogP contribution is -1.94. The van der Waals surface area contributed by atoms with Crippen molar-refractivity contribution >= 4 is 47.1 Å². The van der Waals surface area contributed by atoms with Gasteiger partial charge in [-0.05, 0) is 42.6 Å². The van der Waals surface area contributed by atoms with Crippen molar-refractivity contribution < 1.29 is 19.3 Å². The van der Waals surface area contributed by atoms with E-state index in [1.165, 1.54) is 11.3 Å².